The summed E-state index contributed by atoms with van der Waals surface area (Å²) >= 11 is 5.98. The fraction of sp³-hybridized carbons (Fsp3) is 0.500. The Hall–Kier alpha value is -1.55. The van der Waals surface area contributed by atoms with E-state index in [0.717, 1.165) is 16.9 Å². The number of carbonyl (C=O) groups is 1. The molecule has 21 heavy (non-hydrogen) atoms. The van der Waals surface area contributed by atoms with Crippen molar-refractivity contribution in [3.63, 3.8) is 0 Å². The first-order chi connectivity index (χ1) is 9.80. The van der Waals surface area contributed by atoms with E-state index < -0.39 is 0 Å². The van der Waals surface area contributed by atoms with Crippen molar-refractivity contribution in [2.45, 2.75) is 52.1 Å². The van der Waals surface area contributed by atoms with E-state index >= 15 is 0 Å². The van der Waals surface area contributed by atoms with Gasteiger partial charge in [-0.05, 0) is 45.4 Å². The van der Waals surface area contributed by atoms with Crippen molar-refractivity contribution in [3.8, 4) is 0 Å². The van der Waals surface area contributed by atoms with Crippen LogP contribution < -0.4 is 5.32 Å². The molecule has 0 unspecified atom stereocenters. The van der Waals surface area contributed by atoms with E-state index in [1.807, 2.05) is 50.5 Å². The van der Waals surface area contributed by atoms with Crippen LogP contribution in [0.15, 0.2) is 18.2 Å². The molecule has 0 aliphatic carbocycles. The van der Waals surface area contributed by atoms with E-state index in [-0.39, 0.29) is 11.4 Å². The van der Waals surface area contributed by atoms with Crippen LogP contribution in [-0.2, 0) is 17.2 Å². The first-order valence-electron chi connectivity index (χ1n) is 7.13. The maximum Gasteiger partial charge on any atom is 0.222 e. The Balaban J connectivity index is 2.19. The van der Waals surface area contributed by atoms with E-state index in [1.54, 1.807) is 0 Å². The zero-order valence-corrected chi connectivity index (χ0v) is 13.8. The fourth-order valence-electron chi connectivity index (χ4n) is 2.34. The lowest BCUT2D eigenvalue weighted by atomic mass is 10.1. The van der Waals surface area contributed by atoms with Gasteiger partial charge in [-0.2, -0.15) is 0 Å². The zero-order valence-electron chi connectivity index (χ0n) is 13.0. The maximum atomic E-state index is 12.0. The lowest BCUT2D eigenvalue weighted by Crippen LogP contribution is -2.40. The molecule has 1 heterocycles. The second kappa shape index (κ2) is 6.06. The molecule has 0 fully saturated rings. The van der Waals surface area contributed by atoms with Gasteiger partial charge in [-0.25, -0.2) is 4.98 Å². The topological polar surface area (TPSA) is 46.9 Å². The number of alkyl halides is 1. The van der Waals surface area contributed by atoms with Crippen molar-refractivity contribution >= 4 is 28.5 Å². The molecule has 1 aromatic heterocycles. The van der Waals surface area contributed by atoms with Gasteiger partial charge in [0.25, 0.3) is 0 Å². The van der Waals surface area contributed by atoms with Gasteiger partial charge < -0.3 is 9.88 Å². The molecule has 0 aliphatic rings. The molecule has 114 valence electrons. The number of rotatable bonds is 4. The average Bonchev–Trinajstić information content (AvgIpc) is 2.71. The number of imidazole rings is 1. The van der Waals surface area contributed by atoms with Gasteiger partial charge in [0.2, 0.25) is 5.91 Å². The Morgan fingerprint density at radius 2 is 2.10 bits per heavy atom. The van der Waals surface area contributed by atoms with Crippen LogP contribution in [0.1, 0.15) is 38.6 Å². The predicted molar refractivity (Wildman–Crippen MR) is 86.5 cm³/mol. The van der Waals surface area contributed by atoms with Crippen molar-refractivity contribution in [3.05, 3.63) is 29.6 Å². The largest absolute Gasteiger partial charge is 0.351 e. The SMILES string of the molecule is Cc1ccc2c(c1)nc(CCl)n2CCC(=O)NC(C)(C)C. The van der Waals surface area contributed by atoms with Crippen molar-refractivity contribution in [2.75, 3.05) is 0 Å². The molecule has 1 aromatic carbocycles. The normalized spacial score (nSPS) is 11.9. The van der Waals surface area contributed by atoms with Gasteiger partial charge in [0.1, 0.15) is 5.82 Å². The number of amides is 1. The van der Waals surface area contributed by atoms with Crippen molar-refractivity contribution in [1.82, 2.24) is 14.9 Å². The van der Waals surface area contributed by atoms with E-state index in [9.17, 15) is 4.79 Å². The molecule has 0 spiro atoms. The molecule has 1 N–H and O–H groups in total. The highest BCUT2D eigenvalue weighted by Crippen LogP contribution is 2.19. The van der Waals surface area contributed by atoms with Crippen LogP contribution in [-0.4, -0.2) is 21.0 Å². The van der Waals surface area contributed by atoms with Crippen LogP contribution in [0.3, 0.4) is 0 Å². The van der Waals surface area contributed by atoms with Gasteiger partial charge in [0.05, 0.1) is 16.9 Å². The number of halogens is 1. The van der Waals surface area contributed by atoms with Crippen molar-refractivity contribution < 1.29 is 4.79 Å². The number of carbonyl (C=O) groups excluding carboxylic acids is 1. The van der Waals surface area contributed by atoms with Gasteiger partial charge >= 0.3 is 0 Å². The smallest absolute Gasteiger partial charge is 0.222 e. The predicted octanol–water partition coefficient (Wildman–Crippen LogP) is 3.39. The number of aryl methyl sites for hydroxylation is 2. The van der Waals surface area contributed by atoms with Gasteiger partial charge in [-0.15, -0.1) is 11.6 Å². The average molecular weight is 308 g/mol. The van der Waals surface area contributed by atoms with Gasteiger partial charge in [0.15, 0.2) is 0 Å². The van der Waals surface area contributed by atoms with E-state index in [1.165, 1.54) is 5.56 Å². The molecular formula is C16H22ClN3O. The summed E-state index contributed by atoms with van der Waals surface area (Å²) in [4.78, 5) is 16.5. The van der Waals surface area contributed by atoms with Gasteiger partial charge in [-0.3, -0.25) is 4.79 Å². The second-order valence-corrected chi connectivity index (χ2v) is 6.62. The Morgan fingerprint density at radius 1 is 1.38 bits per heavy atom. The highest BCUT2D eigenvalue weighted by atomic mass is 35.5. The molecule has 0 atom stereocenters. The molecule has 2 rings (SSSR count). The number of fused-ring (bicyclic) bond motifs is 1. The molecule has 0 saturated heterocycles. The molecule has 0 saturated carbocycles. The van der Waals surface area contributed by atoms with Crippen LogP contribution in [0.2, 0.25) is 0 Å². The molecule has 1 amide bonds. The Kier molecular flexibility index (Phi) is 4.57. The first-order valence-corrected chi connectivity index (χ1v) is 7.66. The van der Waals surface area contributed by atoms with Gasteiger partial charge in [0, 0.05) is 18.5 Å². The third-order valence-corrected chi connectivity index (χ3v) is 3.42. The Bertz CT molecular complexity index is 655. The third kappa shape index (κ3) is 3.97. The monoisotopic (exact) mass is 307 g/mol. The van der Waals surface area contributed by atoms with Gasteiger partial charge in [-0.1, -0.05) is 6.07 Å². The van der Waals surface area contributed by atoms with E-state index in [0.29, 0.717) is 18.8 Å². The number of benzene rings is 1. The summed E-state index contributed by atoms with van der Waals surface area (Å²) in [5.41, 5.74) is 2.92. The van der Waals surface area contributed by atoms with Crippen molar-refractivity contribution in [1.29, 1.82) is 0 Å². The summed E-state index contributed by atoms with van der Waals surface area (Å²) in [7, 11) is 0. The van der Waals surface area contributed by atoms with Crippen LogP contribution in [0.4, 0.5) is 0 Å². The van der Waals surface area contributed by atoms with Crippen molar-refractivity contribution in [2.24, 2.45) is 0 Å². The van der Waals surface area contributed by atoms with Crippen LogP contribution in [0.5, 0.6) is 0 Å². The zero-order chi connectivity index (χ0) is 15.6. The molecule has 0 bridgehead atoms. The Labute approximate surface area is 130 Å². The number of hydrogen-bond donors (Lipinski definition) is 1. The summed E-state index contributed by atoms with van der Waals surface area (Å²) < 4.78 is 2.03. The molecule has 2 aromatic rings. The lowest BCUT2D eigenvalue weighted by molar-refractivity contribution is -0.122. The fourth-order valence-corrected chi connectivity index (χ4v) is 2.54. The molecule has 4 nitrogen and oxygen atoms in total. The number of hydrogen-bond acceptors (Lipinski definition) is 2. The van der Waals surface area contributed by atoms with E-state index in [2.05, 4.69) is 10.3 Å². The minimum atomic E-state index is -0.208. The summed E-state index contributed by atoms with van der Waals surface area (Å²) in [5.74, 6) is 1.19. The summed E-state index contributed by atoms with van der Waals surface area (Å²) in [6.45, 7) is 8.55. The number of nitrogens with one attached hydrogen (secondary N) is 1. The molecule has 5 heteroatoms. The maximum absolute atomic E-state index is 12.0. The standard InChI is InChI=1S/C16H22ClN3O/c1-11-5-6-13-12(9-11)18-14(10-17)20(13)8-7-15(21)19-16(2,3)4/h5-6,9H,7-8,10H2,1-4H3,(H,19,21). The molecular weight excluding hydrogens is 286 g/mol. The number of aromatic nitrogens is 2. The highest BCUT2D eigenvalue weighted by Gasteiger charge is 2.15. The number of nitrogens with zero attached hydrogens (tertiary/aromatic N) is 2. The second-order valence-electron chi connectivity index (χ2n) is 6.35. The minimum Gasteiger partial charge on any atom is -0.351 e. The quantitative estimate of drug-likeness (QED) is 0.880. The Morgan fingerprint density at radius 3 is 2.71 bits per heavy atom. The van der Waals surface area contributed by atoms with E-state index in [4.69, 9.17) is 11.6 Å². The summed E-state index contributed by atoms with van der Waals surface area (Å²) in [6, 6.07) is 6.13. The van der Waals surface area contributed by atoms with Crippen LogP contribution in [0.25, 0.3) is 11.0 Å². The van der Waals surface area contributed by atoms with Crippen LogP contribution in [0, 0.1) is 6.92 Å². The third-order valence-electron chi connectivity index (χ3n) is 3.18. The van der Waals surface area contributed by atoms with Crippen LogP contribution >= 0.6 is 11.6 Å². The summed E-state index contributed by atoms with van der Waals surface area (Å²) in [6.07, 6.45) is 0.417. The summed E-state index contributed by atoms with van der Waals surface area (Å²) in [5, 5.41) is 2.97. The molecule has 0 aliphatic heterocycles. The lowest BCUT2D eigenvalue weighted by Gasteiger charge is -2.20. The minimum absolute atomic E-state index is 0.0389. The highest BCUT2D eigenvalue weighted by molar-refractivity contribution is 6.16. The first kappa shape index (κ1) is 15.8. The molecule has 0 radical (unpaired) electrons.